The highest BCUT2D eigenvalue weighted by Crippen LogP contribution is 2.46. The molecule has 3 nitrogen and oxygen atoms in total. The van der Waals surface area contributed by atoms with Crippen molar-refractivity contribution < 1.29 is 9.53 Å². The molecule has 0 amide bonds. The molecule has 1 saturated heterocycles. The van der Waals surface area contributed by atoms with Crippen LogP contribution >= 0.6 is 11.8 Å². The molecule has 0 unspecified atom stereocenters. The van der Waals surface area contributed by atoms with Crippen LogP contribution in [-0.4, -0.2) is 22.9 Å². The van der Waals surface area contributed by atoms with E-state index in [1.165, 1.54) is 12.8 Å². The molecule has 1 heterocycles. The zero-order chi connectivity index (χ0) is 10.8. The van der Waals surface area contributed by atoms with E-state index in [2.05, 4.69) is 0 Å². The zero-order valence-electron chi connectivity index (χ0n) is 8.99. The molecule has 0 aromatic carbocycles. The molecule has 1 aliphatic heterocycles. The molecule has 0 radical (unpaired) electrons. The van der Waals surface area contributed by atoms with E-state index in [9.17, 15) is 4.79 Å². The van der Waals surface area contributed by atoms with Crippen LogP contribution in [-0.2, 0) is 9.53 Å². The second-order valence-electron chi connectivity index (χ2n) is 4.20. The lowest BCUT2D eigenvalue weighted by Crippen LogP contribution is -2.31. The Bertz CT molecular complexity index is 280. The van der Waals surface area contributed by atoms with Crippen molar-refractivity contribution in [2.45, 2.75) is 37.9 Å². The number of nitrogens with one attached hydrogen (secondary N) is 1. The molecular formula is C11H17NO2S. The molecule has 0 aromatic rings. The Morgan fingerprint density at radius 1 is 1.53 bits per heavy atom. The average molecular weight is 227 g/mol. The van der Waals surface area contributed by atoms with E-state index in [4.69, 9.17) is 10.1 Å². The van der Waals surface area contributed by atoms with Crippen molar-refractivity contribution in [3.05, 3.63) is 0 Å². The van der Waals surface area contributed by atoms with Crippen LogP contribution in [0.25, 0.3) is 0 Å². The quantitative estimate of drug-likeness (QED) is 0.737. The first-order valence-corrected chi connectivity index (χ1v) is 6.53. The van der Waals surface area contributed by atoms with Gasteiger partial charge in [-0.25, -0.2) is 0 Å². The predicted octanol–water partition coefficient (Wildman–Crippen LogP) is 2.45. The summed E-state index contributed by atoms with van der Waals surface area (Å²) in [6, 6.07) is 0. The second-order valence-corrected chi connectivity index (χ2v) is 5.48. The summed E-state index contributed by atoms with van der Waals surface area (Å²) in [5.74, 6) is -0.0556. The number of carbonyl (C=O) groups is 1. The Morgan fingerprint density at radius 2 is 2.27 bits per heavy atom. The van der Waals surface area contributed by atoms with Gasteiger partial charge < -0.3 is 4.74 Å². The van der Waals surface area contributed by atoms with Gasteiger partial charge in [-0.3, -0.25) is 10.2 Å². The normalized spacial score (nSPS) is 35.0. The first kappa shape index (κ1) is 11.0. The molecule has 15 heavy (non-hydrogen) atoms. The summed E-state index contributed by atoms with van der Waals surface area (Å²) in [6.45, 7) is 2.24. The summed E-state index contributed by atoms with van der Waals surface area (Å²) in [7, 11) is 0. The summed E-state index contributed by atoms with van der Waals surface area (Å²) in [4.78, 5) is 11.7. The smallest absolute Gasteiger partial charge is 0.315 e. The maximum absolute atomic E-state index is 11.7. The Hall–Kier alpha value is -0.510. The Balaban J connectivity index is 2.09. The molecule has 2 fully saturated rings. The van der Waals surface area contributed by atoms with Crippen molar-refractivity contribution in [3.63, 3.8) is 0 Å². The molecule has 1 aliphatic carbocycles. The van der Waals surface area contributed by atoms with Gasteiger partial charge in [0.15, 0.2) is 0 Å². The van der Waals surface area contributed by atoms with E-state index in [1.807, 2.05) is 6.92 Å². The van der Waals surface area contributed by atoms with Gasteiger partial charge in [-0.05, 0) is 25.7 Å². The van der Waals surface area contributed by atoms with Gasteiger partial charge in [0, 0.05) is 5.25 Å². The van der Waals surface area contributed by atoms with E-state index >= 15 is 0 Å². The largest absolute Gasteiger partial charge is 0.465 e. The average Bonchev–Trinajstić information content (AvgIpc) is 2.54. The summed E-state index contributed by atoms with van der Waals surface area (Å²) in [6.07, 6.45) is 4.69. The van der Waals surface area contributed by atoms with Crippen molar-refractivity contribution in [1.82, 2.24) is 0 Å². The standard InChI is InChI=1S/C11H17NO2S/c1-2-14-11(13)9-7-5-3-4-6-8(7)15-10(9)12/h7-9,12H,2-6H2,1H3/t7-,8-,9+/m1/s1. The molecule has 0 spiro atoms. The van der Waals surface area contributed by atoms with Gasteiger partial charge in [-0.2, -0.15) is 0 Å². The van der Waals surface area contributed by atoms with E-state index < -0.39 is 0 Å². The fourth-order valence-corrected chi connectivity index (χ4v) is 4.09. The van der Waals surface area contributed by atoms with Crippen LogP contribution < -0.4 is 0 Å². The topological polar surface area (TPSA) is 50.2 Å². The Morgan fingerprint density at radius 3 is 3.00 bits per heavy atom. The fourth-order valence-electron chi connectivity index (χ4n) is 2.60. The predicted molar refractivity (Wildman–Crippen MR) is 61.2 cm³/mol. The Labute approximate surface area is 94.5 Å². The number of rotatable bonds is 2. The molecule has 1 N–H and O–H groups in total. The van der Waals surface area contributed by atoms with Crippen LogP contribution in [0.4, 0.5) is 0 Å². The second kappa shape index (κ2) is 4.56. The lowest BCUT2D eigenvalue weighted by atomic mass is 9.80. The van der Waals surface area contributed by atoms with Crippen molar-refractivity contribution >= 4 is 22.8 Å². The van der Waals surface area contributed by atoms with Crippen LogP contribution in [0.5, 0.6) is 0 Å². The van der Waals surface area contributed by atoms with Gasteiger partial charge in [0.05, 0.1) is 11.7 Å². The minimum Gasteiger partial charge on any atom is -0.465 e. The van der Waals surface area contributed by atoms with Gasteiger partial charge in [-0.1, -0.05) is 12.8 Å². The highest BCUT2D eigenvalue weighted by molar-refractivity contribution is 8.14. The van der Waals surface area contributed by atoms with Gasteiger partial charge in [0.1, 0.15) is 5.92 Å². The van der Waals surface area contributed by atoms with E-state index in [1.54, 1.807) is 11.8 Å². The number of esters is 1. The highest BCUT2D eigenvalue weighted by atomic mass is 32.2. The number of carbonyl (C=O) groups excluding carboxylic acids is 1. The maximum Gasteiger partial charge on any atom is 0.315 e. The third-order valence-electron chi connectivity index (χ3n) is 3.28. The summed E-state index contributed by atoms with van der Waals surface area (Å²) in [5.41, 5.74) is 0. The van der Waals surface area contributed by atoms with Crippen molar-refractivity contribution in [2.24, 2.45) is 11.8 Å². The fraction of sp³-hybridized carbons (Fsp3) is 0.818. The van der Waals surface area contributed by atoms with E-state index in [-0.39, 0.29) is 11.9 Å². The molecule has 3 atom stereocenters. The molecule has 2 rings (SSSR count). The first-order valence-electron chi connectivity index (χ1n) is 5.65. The lowest BCUT2D eigenvalue weighted by molar-refractivity contribution is -0.147. The SMILES string of the molecule is CCOC(=O)[C@@H]1C(=N)S[C@@H]2CCCC[C@@H]12. The first-order chi connectivity index (χ1) is 7.24. The number of hydrogen-bond acceptors (Lipinski definition) is 4. The van der Waals surface area contributed by atoms with Crippen LogP contribution in [0.2, 0.25) is 0 Å². The third-order valence-corrected chi connectivity index (χ3v) is 4.68. The van der Waals surface area contributed by atoms with Crippen LogP contribution in [0.1, 0.15) is 32.6 Å². The third kappa shape index (κ3) is 2.05. The number of fused-ring (bicyclic) bond motifs is 1. The highest BCUT2D eigenvalue weighted by Gasteiger charge is 2.46. The molecule has 0 aromatic heterocycles. The van der Waals surface area contributed by atoms with Crippen LogP contribution in [0.3, 0.4) is 0 Å². The zero-order valence-corrected chi connectivity index (χ0v) is 9.81. The van der Waals surface area contributed by atoms with Crippen molar-refractivity contribution in [2.75, 3.05) is 6.61 Å². The van der Waals surface area contributed by atoms with Gasteiger partial charge in [0.25, 0.3) is 0 Å². The molecular weight excluding hydrogens is 210 g/mol. The van der Waals surface area contributed by atoms with Gasteiger partial charge in [0.2, 0.25) is 0 Å². The molecule has 2 aliphatic rings. The summed E-state index contributed by atoms with van der Waals surface area (Å²) in [5, 5.41) is 8.91. The number of thioether (sulfide) groups is 1. The minimum absolute atomic E-state index is 0.176. The van der Waals surface area contributed by atoms with Crippen molar-refractivity contribution in [1.29, 1.82) is 5.41 Å². The summed E-state index contributed by atoms with van der Waals surface area (Å²) < 4.78 is 5.05. The minimum atomic E-state index is -0.250. The number of ether oxygens (including phenoxy) is 1. The molecule has 84 valence electrons. The molecule has 4 heteroatoms. The van der Waals surface area contributed by atoms with Crippen LogP contribution in [0, 0.1) is 17.2 Å². The van der Waals surface area contributed by atoms with Crippen molar-refractivity contribution in [3.8, 4) is 0 Å². The maximum atomic E-state index is 11.7. The number of hydrogen-bond donors (Lipinski definition) is 1. The summed E-state index contributed by atoms with van der Waals surface area (Å²) >= 11 is 1.59. The van der Waals surface area contributed by atoms with E-state index in [0.29, 0.717) is 22.8 Å². The van der Waals surface area contributed by atoms with E-state index in [0.717, 1.165) is 12.8 Å². The monoisotopic (exact) mass is 227 g/mol. The van der Waals surface area contributed by atoms with Gasteiger partial charge >= 0.3 is 5.97 Å². The lowest BCUT2D eigenvalue weighted by Gasteiger charge is -2.26. The van der Waals surface area contributed by atoms with Gasteiger partial charge in [-0.15, -0.1) is 11.8 Å². The Kier molecular flexibility index (Phi) is 3.34. The molecule has 0 bridgehead atoms. The van der Waals surface area contributed by atoms with Crippen LogP contribution in [0.15, 0.2) is 0 Å². The molecule has 1 saturated carbocycles.